The van der Waals surface area contributed by atoms with Crippen LogP contribution in [0.4, 0.5) is 0 Å². The van der Waals surface area contributed by atoms with E-state index < -0.39 is 0 Å². The van der Waals surface area contributed by atoms with Gasteiger partial charge in [-0.2, -0.15) is 0 Å². The van der Waals surface area contributed by atoms with Crippen LogP contribution in [0.15, 0.2) is 0 Å². The van der Waals surface area contributed by atoms with E-state index in [4.69, 9.17) is 0 Å². The number of hydrogen-bond donors (Lipinski definition) is 1. The Balaban J connectivity index is 1.75. The van der Waals surface area contributed by atoms with Crippen LogP contribution in [-0.2, 0) is 9.59 Å². The Bertz CT molecular complexity index is 452. The van der Waals surface area contributed by atoms with Gasteiger partial charge in [0.05, 0.1) is 12.6 Å². The lowest BCUT2D eigenvalue weighted by Gasteiger charge is -2.39. The number of nitrogens with zero attached hydrogens (tertiary/aromatic N) is 3. The normalized spacial score (nSPS) is 21.8. The lowest BCUT2D eigenvalue weighted by Crippen LogP contribution is -2.57. The van der Waals surface area contributed by atoms with Crippen molar-refractivity contribution in [3.8, 4) is 0 Å². The fourth-order valence-corrected chi connectivity index (χ4v) is 3.44. The first-order valence-corrected chi connectivity index (χ1v) is 9.88. The molecule has 2 aliphatic heterocycles. The van der Waals surface area contributed by atoms with Crippen LogP contribution < -0.4 is 5.32 Å². The van der Waals surface area contributed by atoms with Gasteiger partial charge in [0.2, 0.25) is 11.8 Å². The van der Waals surface area contributed by atoms with E-state index in [0.29, 0.717) is 6.54 Å². The second-order valence-corrected chi connectivity index (χ2v) is 8.16. The SMILES string of the molecule is CCC(C)(C)NC(=O)C(C)N1CCN(CC(=O)N2CCCCC2)CC1. The molecule has 0 aromatic rings. The van der Waals surface area contributed by atoms with Crippen LogP contribution in [0.3, 0.4) is 0 Å². The van der Waals surface area contributed by atoms with Crippen LogP contribution in [0.1, 0.15) is 53.4 Å². The minimum Gasteiger partial charge on any atom is -0.350 e. The Labute approximate surface area is 152 Å². The summed E-state index contributed by atoms with van der Waals surface area (Å²) in [5, 5.41) is 3.13. The van der Waals surface area contributed by atoms with Crippen LogP contribution in [0.25, 0.3) is 0 Å². The summed E-state index contributed by atoms with van der Waals surface area (Å²) in [5.41, 5.74) is -0.159. The van der Waals surface area contributed by atoms with Crippen LogP contribution in [0, 0.1) is 0 Å². The topological polar surface area (TPSA) is 55.9 Å². The molecule has 2 amide bonds. The highest BCUT2D eigenvalue weighted by molar-refractivity contribution is 5.82. The summed E-state index contributed by atoms with van der Waals surface area (Å²) in [6, 6.07) is -0.120. The van der Waals surface area contributed by atoms with Crippen molar-refractivity contribution in [1.82, 2.24) is 20.0 Å². The average Bonchev–Trinajstić information content (AvgIpc) is 2.62. The Kier molecular flexibility index (Phi) is 7.25. The Morgan fingerprint density at radius 1 is 1.00 bits per heavy atom. The van der Waals surface area contributed by atoms with E-state index in [2.05, 4.69) is 35.9 Å². The molecule has 1 atom stereocenters. The van der Waals surface area contributed by atoms with Crippen molar-refractivity contribution in [2.45, 2.75) is 65.0 Å². The van der Waals surface area contributed by atoms with Gasteiger partial charge in [0, 0.05) is 44.8 Å². The zero-order valence-corrected chi connectivity index (χ0v) is 16.5. The highest BCUT2D eigenvalue weighted by Gasteiger charge is 2.29. The Hall–Kier alpha value is -1.14. The summed E-state index contributed by atoms with van der Waals surface area (Å²) in [4.78, 5) is 31.3. The van der Waals surface area contributed by atoms with Gasteiger partial charge < -0.3 is 10.2 Å². The quantitative estimate of drug-likeness (QED) is 0.783. The van der Waals surface area contributed by atoms with Crippen molar-refractivity contribution in [3.63, 3.8) is 0 Å². The number of carbonyl (C=O) groups is 2. The van der Waals surface area contributed by atoms with E-state index >= 15 is 0 Å². The average molecular weight is 353 g/mol. The van der Waals surface area contributed by atoms with E-state index in [9.17, 15) is 9.59 Å². The van der Waals surface area contributed by atoms with Gasteiger partial charge in [0.25, 0.3) is 0 Å². The van der Waals surface area contributed by atoms with Crippen molar-refractivity contribution in [2.24, 2.45) is 0 Å². The number of likely N-dealkylation sites (tertiary alicyclic amines) is 1. The zero-order chi connectivity index (χ0) is 18.4. The third kappa shape index (κ3) is 5.96. The van der Waals surface area contributed by atoms with Gasteiger partial charge in [-0.15, -0.1) is 0 Å². The molecule has 25 heavy (non-hydrogen) atoms. The monoisotopic (exact) mass is 352 g/mol. The summed E-state index contributed by atoms with van der Waals surface area (Å²) < 4.78 is 0. The summed E-state index contributed by atoms with van der Waals surface area (Å²) in [7, 11) is 0. The zero-order valence-electron chi connectivity index (χ0n) is 16.5. The molecule has 2 rings (SSSR count). The number of amides is 2. The molecule has 0 spiro atoms. The molecule has 6 heteroatoms. The number of hydrogen-bond acceptors (Lipinski definition) is 4. The van der Waals surface area contributed by atoms with E-state index in [0.717, 1.165) is 58.5 Å². The van der Waals surface area contributed by atoms with Crippen molar-refractivity contribution in [1.29, 1.82) is 0 Å². The second kappa shape index (κ2) is 8.99. The number of piperazine rings is 1. The van der Waals surface area contributed by atoms with Crippen molar-refractivity contribution in [2.75, 3.05) is 45.8 Å². The van der Waals surface area contributed by atoms with Crippen LogP contribution in [-0.4, -0.2) is 83.9 Å². The van der Waals surface area contributed by atoms with Gasteiger partial charge >= 0.3 is 0 Å². The third-order valence-corrected chi connectivity index (χ3v) is 5.75. The molecule has 0 aromatic heterocycles. The van der Waals surface area contributed by atoms with Gasteiger partial charge in [-0.3, -0.25) is 19.4 Å². The van der Waals surface area contributed by atoms with Gasteiger partial charge in [0.15, 0.2) is 0 Å². The largest absolute Gasteiger partial charge is 0.350 e. The molecule has 0 aromatic carbocycles. The molecular weight excluding hydrogens is 316 g/mol. The molecule has 2 fully saturated rings. The van der Waals surface area contributed by atoms with Gasteiger partial charge in [0.1, 0.15) is 0 Å². The molecule has 0 saturated carbocycles. The molecule has 0 aliphatic carbocycles. The summed E-state index contributed by atoms with van der Waals surface area (Å²) in [6.07, 6.45) is 4.44. The van der Waals surface area contributed by atoms with E-state index in [1.807, 2.05) is 11.8 Å². The maximum atomic E-state index is 12.5. The molecule has 2 saturated heterocycles. The lowest BCUT2D eigenvalue weighted by atomic mass is 10.0. The van der Waals surface area contributed by atoms with Crippen molar-refractivity contribution < 1.29 is 9.59 Å². The fourth-order valence-electron chi connectivity index (χ4n) is 3.44. The van der Waals surface area contributed by atoms with Crippen LogP contribution in [0.2, 0.25) is 0 Å². The van der Waals surface area contributed by atoms with E-state index in [1.54, 1.807) is 0 Å². The van der Waals surface area contributed by atoms with Gasteiger partial charge in [-0.05, 0) is 46.5 Å². The maximum Gasteiger partial charge on any atom is 0.237 e. The molecule has 144 valence electrons. The molecule has 0 bridgehead atoms. The molecular formula is C19H36N4O2. The first-order chi connectivity index (χ1) is 11.8. The van der Waals surface area contributed by atoms with Gasteiger partial charge in [-0.25, -0.2) is 0 Å². The van der Waals surface area contributed by atoms with Crippen molar-refractivity contribution >= 4 is 11.8 Å². The van der Waals surface area contributed by atoms with E-state index in [-0.39, 0.29) is 23.4 Å². The first-order valence-electron chi connectivity index (χ1n) is 9.88. The molecule has 2 heterocycles. The van der Waals surface area contributed by atoms with Crippen molar-refractivity contribution in [3.05, 3.63) is 0 Å². The number of carbonyl (C=O) groups excluding carboxylic acids is 2. The fraction of sp³-hybridized carbons (Fsp3) is 0.895. The standard InChI is InChI=1S/C19H36N4O2/c1-5-19(3,4)20-18(25)16(2)22-13-11-21(12-14-22)15-17(24)23-9-7-6-8-10-23/h16H,5-15H2,1-4H3,(H,20,25). The second-order valence-electron chi connectivity index (χ2n) is 8.16. The predicted octanol–water partition coefficient (Wildman–Crippen LogP) is 1.31. The molecule has 1 unspecified atom stereocenters. The Morgan fingerprint density at radius 3 is 2.16 bits per heavy atom. The highest BCUT2D eigenvalue weighted by atomic mass is 16.2. The minimum absolute atomic E-state index is 0.102. The number of rotatable bonds is 6. The van der Waals surface area contributed by atoms with Crippen LogP contribution >= 0.6 is 0 Å². The molecule has 2 aliphatic rings. The highest BCUT2D eigenvalue weighted by Crippen LogP contribution is 2.12. The third-order valence-electron chi connectivity index (χ3n) is 5.75. The number of nitrogens with one attached hydrogen (secondary N) is 1. The lowest BCUT2D eigenvalue weighted by molar-refractivity contribution is -0.134. The maximum absolute atomic E-state index is 12.5. The molecule has 0 radical (unpaired) electrons. The van der Waals surface area contributed by atoms with Gasteiger partial charge in [-0.1, -0.05) is 6.92 Å². The summed E-state index contributed by atoms with van der Waals surface area (Å²) >= 11 is 0. The van der Waals surface area contributed by atoms with E-state index in [1.165, 1.54) is 6.42 Å². The minimum atomic E-state index is -0.159. The molecule has 6 nitrogen and oxygen atoms in total. The number of piperidine rings is 1. The summed E-state index contributed by atoms with van der Waals surface area (Å²) in [5.74, 6) is 0.369. The smallest absolute Gasteiger partial charge is 0.237 e. The summed E-state index contributed by atoms with van der Waals surface area (Å²) in [6.45, 7) is 13.9. The first kappa shape index (κ1) is 20.2. The Morgan fingerprint density at radius 2 is 1.60 bits per heavy atom. The molecule has 1 N–H and O–H groups in total. The predicted molar refractivity (Wildman–Crippen MR) is 100 cm³/mol. The van der Waals surface area contributed by atoms with Crippen LogP contribution in [0.5, 0.6) is 0 Å².